The van der Waals surface area contributed by atoms with E-state index in [1.807, 2.05) is 129 Å². The Morgan fingerprint density at radius 1 is 0.388 bits per heavy atom. The fraction of sp³-hybridized carbons (Fsp3) is 0.400. The van der Waals surface area contributed by atoms with Crippen LogP contribution in [0.2, 0.25) is 0 Å². The zero-order valence-corrected chi connectivity index (χ0v) is 61.0. The van der Waals surface area contributed by atoms with Crippen molar-refractivity contribution in [1.82, 2.24) is 22.7 Å². The number of ketones is 3. The van der Waals surface area contributed by atoms with Gasteiger partial charge in [-0.1, -0.05) is 132 Å². The molecule has 0 radical (unpaired) electrons. The van der Waals surface area contributed by atoms with E-state index in [2.05, 4.69) is 0 Å². The van der Waals surface area contributed by atoms with Gasteiger partial charge in [0.05, 0.1) is 20.7 Å². The van der Waals surface area contributed by atoms with Gasteiger partial charge in [0.2, 0.25) is 41.9 Å². The smallest absolute Gasteiger partial charge is 0.258 e. The molecule has 6 aliphatic rings. The number of carbonyl (C=O) groups excluding carboxylic acids is 6. The number of Topliss-reactive ketones (excluding diaryl/α,β-unsaturated/α-hetero) is 3. The second-order valence-corrected chi connectivity index (χ2v) is 33.6. The van der Waals surface area contributed by atoms with E-state index in [4.69, 9.17) is 0 Å². The van der Waals surface area contributed by atoms with E-state index in [1.54, 1.807) is 53.4 Å². The van der Waals surface area contributed by atoms with Crippen molar-refractivity contribution in [3.05, 3.63) is 226 Å². The molecular formula is C80H90F2N6O12S3. The second kappa shape index (κ2) is 33.1. The number of carbonyl (C=O) groups is 6. The van der Waals surface area contributed by atoms with Crippen LogP contribution in [-0.4, -0.2) is 159 Å². The third-order valence-electron chi connectivity index (χ3n) is 20.1. The number of likely N-dealkylation sites (tertiary alicyclic amines) is 2. The highest BCUT2D eigenvalue weighted by Crippen LogP contribution is 2.36. The molecule has 13 rings (SSSR count). The minimum Gasteiger partial charge on any atom is -0.341 e. The summed E-state index contributed by atoms with van der Waals surface area (Å²) >= 11 is 0. The van der Waals surface area contributed by atoms with Crippen LogP contribution >= 0.6 is 0 Å². The Morgan fingerprint density at radius 3 is 1.13 bits per heavy atom. The lowest BCUT2D eigenvalue weighted by atomic mass is 10.0. The molecule has 0 bridgehead atoms. The van der Waals surface area contributed by atoms with Gasteiger partial charge in [-0.15, -0.1) is 0 Å². The SMILES string of the molecule is Cc1ccc(CC(=O)Cc2ccc(S(=O)(=O)N3CCC[C@H]3C(=O)N3CCC(F)(F)CC3)cc2)cc1.Cc1ccc(CC(=O)Cc2ccc(S(=O)(=O)N3CCC[C@H]3C(=O)N3CCCC3)cc2)cc1.Cc1ccc(N(C(=O)c2ccc(S(=O)(=O)N3CCC[C@H]3C(=O)Cc3ccccc3)cc2)C2CC2)cc1. The highest BCUT2D eigenvalue weighted by molar-refractivity contribution is 7.89. The molecule has 18 nitrogen and oxygen atoms in total. The average molecular weight is 1460 g/mol. The summed E-state index contributed by atoms with van der Waals surface area (Å²) in [6, 6.07) is 49.8. The molecule has 7 aromatic rings. The molecule has 0 spiro atoms. The first-order valence-corrected chi connectivity index (χ1v) is 40.0. The molecule has 103 heavy (non-hydrogen) atoms. The molecule has 0 aromatic heterocycles. The van der Waals surface area contributed by atoms with Gasteiger partial charge in [0.1, 0.15) is 23.7 Å². The summed E-state index contributed by atoms with van der Waals surface area (Å²) in [5, 5.41) is 0. The number of amides is 3. The highest BCUT2D eigenvalue weighted by Gasteiger charge is 2.46. The van der Waals surface area contributed by atoms with Gasteiger partial charge in [-0.2, -0.15) is 12.9 Å². The Kier molecular flexibility index (Phi) is 24.3. The van der Waals surface area contributed by atoms with Crippen LogP contribution in [0.15, 0.2) is 191 Å². The Labute approximate surface area is 604 Å². The molecule has 544 valence electrons. The largest absolute Gasteiger partial charge is 0.341 e. The summed E-state index contributed by atoms with van der Waals surface area (Å²) in [6.45, 7) is 8.18. The lowest BCUT2D eigenvalue weighted by molar-refractivity contribution is -0.140. The lowest BCUT2D eigenvalue weighted by Gasteiger charge is -2.35. The summed E-state index contributed by atoms with van der Waals surface area (Å²) in [4.78, 5) is 82.4. The zero-order valence-electron chi connectivity index (χ0n) is 58.6. The number of halogens is 2. The van der Waals surface area contributed by atoms with Gasteiger partial charge in [0.15, 0.2) is 5.78 Å². The topological polar surface area (TPSA) is 224 Å². The predicted octanol–water partition coefficient (Wildman–Crippen LogP) is 11.7. The van der Waals surface area contributed by atoms with Gasteiger partial charge in [0, 0.05) is 108 Å². The molecule has 0 N–H and O–H groups in total. The van der Waals surface area contributed by atoms with Crippen molar-refractivity contribution in [1.29, 1.82) is 0 Å². The van der Waals surface area contributed by atoms with E-state index in [0.29, 0.717) is 88.7 Å². The van der Waals surface area contributed by atoms with Crippen molar-refractivity contribution < 1.29 is 62.8 Å². The normalized spacial score (nSPS) is 19.4. The maximum Gasteiger partial charge on any atom is 0.258 e. The fourth-order valence-electron chi connectivity index (χ4n) is 14.1. The minimum atomic E-state index is -3.94. The number of sulfonamides is 3. The molecule has 1 saturated carbocycles. The standard InChI is InChI=1S/C29H30N2O4S.C26H30F2N2O4S.C25H30N2O4S/c1-21-9-13-24(14-10-21)31(25-15-16-25)29(33)23-11-17-26(18-12-23)36(34,35)30-19-5-8-27(30)28(32)20-22-6-3-2-4-7-22;1-19-4-6-20(7-5-19)17-22(31)18-21-8-10-23(11-9-21)35(33,34)30-14-2-3-24(30)25(32)29-15-12-26(27,28)13-16-29;1-19-6-8-20(9-7-19)17-22(28)18-21-10-12-23(13-11-21)32(30,31)27-16-4-5-24(27)25(29)26-14-2-3-15-26/h2-4,6-7,9-14,17-18,25,27H,5,8,15-16,19-20H2,1H3;4-11,24H,2-3,12-18H2,1H3;6-13,24H,2-5,14-18H2,1H3/t27-;2*24-/m000/s1. The molecule has 3 atom stereocenters. The molecule has 6 fully saturated rings. The molecule has 3 amide bonds. The first kappa shape index (κ1) is 75.7. The number of piperidine rings is 1. The lowest BCUT2D eigenvalue weighted by Crippen LogP contribution is -2.51. The van der Waals surface area contributed by atoms with Crippen molar-refractivity contribution >= 4 is 70.8 Å². The monoisotopic (exact) mass is 1460 g/mol. The number of hydrogen-bond donors (Lipinski definition) is 0. The number of benzene rings is 7. The zero-order chi connectivity index (χ0) is 73.2. The first-order chi connectivity index (χ1) is 49.2. The van der Waals surface area contributed by atoms with Crippen LogP contribution in [0.1, 0.15) is 132 Å². The Bertz CT molecular complexity index is 4510. The molecular weight excluding hydrogens is 1370 g/mol. The van der Waals surface area contributed by atoms with Crippen molar-refractivity contribution in [3.63, 3.8) is 0 Å². The molecule has 7 aromatic carbocycles. The van der Waals surface area contributed by atoms with Gasteiger partial charge in [-0.05, 0) is 173 Å². The molecule has 5 aliphatic heterocycles. The Morgan fingerprint density at radius 2 is 0.728 bits per heavy atom. The van der Waals surface area contributed by atoms with E-state index in [1.165, 1.54) is 42.1 Å². The number of nitrogens with zero attached hydrogens (tertiary/aromatic N) is 6. The summed E-state index contributed by atoms with van der Waals surface area (Å²) in [5.41, 5.74) is 8.97. The number of anilines is 1. The number of rotatable bonds is 22. The van der Waals surface area contributed by atoms with Crippen molar-refractivity contribution in [2.75, 3.05) is 50.7 Å². The second-order valence-electron chi connectivity index (χ2n) is 28.0. The molecule has 1 aliphatic carbocycles. The number of alkyl halides is 2. The van der Waals surface area contributed by atoms with Crippen LogP contribution in [0.4, 0.5) is 14.5 Å². The molecule has 23 heteroatoms. The van der Waals surface area contributed by atoms with Gasteiger partial charge < -0.3 is 14.7 Å². The Hall–Kier alpha value is -8.45. The summed E-state index contributed by atoms with van der Waals surface area (Å²) in [5.74, 6) is -3.36. The third-order valence-corrected chi connectivity index (χ3v) is 25.8. The summed E-state index contributed by atoms with van der Waals surface area (Å²) in [6.07, 6.45) is 7.73. The average Bonchev–Trinajstić information content (AvgIpc) is 1.69. The van der Waals surface area contributed by atoms with Crippen molar-refractivity contribution in [2.24, 2.45) is 0 Å². The van der Waals surface area contributed by atoms with Crippen LogP contribution < -0.4 is 4.90 Å². The Balaban J connectivity index is 0.000000155. The minimum absolute atomic E-state index is 0.0294. The molecule has 5 heterocycles. The first-order valence-electron chi connectivity index (χ1n) is 35.6. The van der Waals surface area contributed by atoms with Crippen molar-refractivity contribution in [3.8, 4) is 0 Å². The van der Waals surface area contributed by atoms with E-state index in [-0.39, 0.29) is 88.8 Å². The predicted molar refractivity (Wildman–Crippen MR) is 390 cm³/mol. The van der Waals surface area contributed by atoms with Crippen LogP contribution in [0, 0.1) is 20.8 Å². The van der Waals surface area contributed by atoms with Gasteiger partial charge in [-0.25, -0.2) is 34.0 Å². The van der Waals surface area contributed by atoms with Crippen LogP contribution in [0.5, 0.6) is 0 Å². The molecule has 0 unspecified atom stereocenters. The van der Waals surface area contributed by atoms with E-state index in [9.17, 15) is 62.8 Å². The van der Waals surface area contributed by atoms with Gasteiger partial charge >= 0.3 is 0 Å². The summed E-state index contributed by atoms with van der Waals surface area (Å²) in [7, 11) is -11.6. The fourth-order valence-corrected chi connectivity index (χ4v) is 19.1. The number of hydrogen-bond acceptors (Lipinski definition) is 12. The van der Waals surface area contributed by atoms with E-state index < -0.39 is 72.9 Å². The van der Waals surface area contributed by atoms with Gasteiger partial charge in [0.25, 0.3) is 11.8 Å². The molecule has 5 saturated heterocycles. The summed E-state index contributed by atoms with van der Waals surface area (Å²) < 4.78 is 111. The quantitative estimate of drug-likeness (QED) is 0.0618. The van der Waals surface area contributed by atoms with Crippen molar-refractivity contribution in [2.45, 2.75) is 175 Å². The highest BCUT2D eigenvalue weighted by atomic mass is 32.2. The number of aryl methyl sites for hydroxylation is 3. The maximum absolute atomic E-state index is 13.5. The van der Waals surface area contributed by atoms with Crippen LogP contribution in [0.3, 0.4) is 0 Å². The van der Waals surface area contributed by atoms with Gasteiger partial charge in [-0.3, -0.25) is 28.8 Å². The van der Waals surface area contributed by atoms with Crippen LogP contribution in [-0.2, 0) is 86.1 Å². The third kappa shape index (κ3) is 18.9. The van der Waals surface area contributed by atoms with Crippen LogP contribution in [0.25, 0.3) is 0 Å². The van der Waals surface area contributed by atoms with E-state index >= 15 is 0 Å². The maximum atomic E-state index is 13.5. The van der Waals surface area contributed by atoms with E-state index in [0.717, 1.165) is 70.3 Å².